The number of H-pyrrole nitrogens is 1. The molecule has 0 aromatic carbocycles. The Balaban J connectivity index is 2.89. The number of amides is 1. The van der Waals surface area contributed by atoms with Gasteiger partial charge in [-0.3, -0.25) is 9.59 Å². The quantitative estimate of drug-likeness (QED) is 0.562. The predicted octanol–water partition coefficient (Wildman–Crippen LogP) is -0.0568. The number of carbonyl (C=O) groups excluding carboxylic acids is 1. The van der Waals surface area contributed by atoms with E-state index in [0.29, 0.717) is 12.1 Å². The zero-order chi connectivity index (χ0) is 7.40. The summed E-state index contributed by atoms with van der Waals surface area (Å²) in [7, 11) is 0. The van der Waals surface area contributed by atoms with Crippen LogP contribution in [0.1, 0.15) is 0 Å². The van der Waals surface area contributed by atoms with Crippen molar-refractivity contribution in [3.05, 3.63) is 28.7 Å². The monoisotopic (exact) mass is 138 g/mol. The molecule has 0 radical (unpaired) electrons. The van der Waals surface area contributed by atoms with Crippen LogP contribution in [0, 0.1) is 0 Å². The van der Waals surface area contributed by atoms with Crippen LogP contribution in [0.3, 0.4) is 0 Å². The molecule has 1 amide bonds. The van der Waals surface area contributed by atoms with Gasteiger partial charge in [0.25, 0.3) is 0 Å². The van der Waals surface area contributed by atoms with Gasteiger partial charge in [0.05, 0.1) is 5.69 Å². The van der Waals surface area contributed by atoms with Crippen LogP contribution < -0.4 is 10.9 Å². The minimum atomic E-state index is -0.184. The van der Waals surface area contributed by atoms with E-state index >= 15 is 0 Å². The zero-order valence-electron chi connectivity index (χ0n) is 5.13. The Morgan fingerprint density at radius 1 is 1.50 bits per heavy atom. The Bertz CT molecular complexity index is 259. The molecule has 1 heterocycles. The smallest absolute Gasteiger partial charge is 0.248 e. The van der Waals surface area contributed by atoms with Gasteiger partial charge in [-0.25, -0.2) is 0 Å². The normalized spacial score (nSPS) is 8.80. The molecule has 0 spiro atoms. The second-order valence-corrected chi connectivity index (χ2v) is 1.70. The number of nitrogens with one attached hydrogen (secondary N) is 2. The fraction of sp³-hybridized carbons (Fsp3) is 0. The Kier molecular flexibility index (Phi) is 1.84. The molecule has 0 saturated heterocycles. The maximum atomic E-state index is 10.5. The third kappa shape index (κ3) is 1.45. The number of pyridine rings is 1. The first kappa shape index (κ1) is 6.54. The average Bonchev–Trinajstić information content (AvgIpc) is 1.95. The Labute approximate surface area is 56.9 Å². The molecule has 2 N–H and O–H groups in total. The van der Waals surface area contributed by atoms with Crippen molar-refractivity contribution >= 4 is 12.1 Å². The van der Waals surface area contributed by atoms with Crippen molar-refractivity contribution in [3.8, 4) is 0 Å². The fourth-order valence-electron chi connectivity index (χ4n) is 0.568. The van der Waals surface area contributed by atoms with E-state index in [2.05, 4.69) is 10.3 Å². The van der Waals surface area contributed by atoms with E-state index in [1.165, 1.54) is 18.3 Å². The molecule has 4 heteroatoms. The van der Waals surface area contributed by atoms with Gasteiger partial charge >= 0.3 is 0 Å². The second-order valence-electron chi connectivity index (χ2n) is 1.70. The number of aromatic amines is 1. The van der Waals surface area contributed by atoms with Gasteiger partial charge in [0, 0.05) is 12.3 Å². The largest absolute Gasteiger partial charge is 0.327 e. The summed E-state index contributed by atoms with van der Waals surface area (Å²) in [6, 6.07) is 2.86. The van der Waals surface area contributed by atoms with Crippen LogP contribution in [-0.2, 0) is 4.79 Å². The summed E-state index contributed by atoms with van der Waals surface area (Å²) >= 11 is 0. The first-order valence-electron chi connectivity index (χ1n) is 2.72. The molecule has 0 fully saturated rings. The molecule has 0 unspecified atom stereocenters. The summed E-state index contributed by atoms with van der Waals surface area (Å²) in [6.45, 7) is 0. The van der Waals surface area contributed by atoms with Gasteiger partial charge in [-0.2, -0.15) is 0 Å². The van der Waals surface area contributed by atoms with Crippen LogP contribution in [-0.4, -0.2) is 11.4 Å². The van der Waals surface area contributed by atoms with E-state index in [1.54, 1.807) is 0 Å². The zero-order valence-corrected chi connectivity index (χ0v) is 5.13. The van der Waals surface area contributed by atoms with Crippen molar-refractivity contribution < 1.29 is 4.79 Å². The van der Waals surface area contributed by atoms with Crippen molar-refractivity contribution in [2.75, 3.05) is 5.32 Å². The molecule has 0 atom stereocenters. The number of carbonyl (C=O) groups is 1. The lowest BCUT2D eigenvalue weighted by Crippen LogP contribution is -2.03. The number of rotatable bonds is 2. The van der Waals surface area contributed by atoms with Crippen LogP contribution in [0.2, 0.25) is 0 Å². The number of hydrogen-bond acceptors (Lipinski definition) is 2. The van der Waals surface area contributed by atoms with Crippen LogP contribution in [0.25, 0.3) is 0 Å². The van der Waals surface area contributed by atoms with Gasteiger partial charge in [0.2, 0.25) is 12.0 Å². The third-order valence-corrected chi connectivity index (χ3v) is 1.01. The molecule has 0 aliphatic heterocycles. The van der Waals surface area contributed by atoms with E-state index in [1.807, 2.05) is 0 Å². The lowest BCUT2D eigenvalue weighted by molar-refractivity contribution is -0.105. The van der Waals surface area contributed by atoms with Crippen LogP contribution in [0.4, 0.5) is 5.69 Å². The highest BCUT2D eigenvalue weighted by atomic mass is 16.1. The molecule has 0 saturated carbocycles. The van der Waals surface area contributed by atoms with Crippen LogP contribution in [0.15, 0.2) is 23.1 Å². The Hall–Kier alpha value is -1.58. The van der Waals surface area contributed by atoms with E-state index in [-0.39, 0.29) is 5.56 Å². The average molecular weight is 138 g/mol. The minimum Gasteiger partial charge on any atom is -0.327 e. The van der Waals surface area contributed by atoms with Gasteiger partial charge in [-0.15, -0.1) is 0 Å². The highest BCUT2D eigenvalue weighted by molar-refractivity contribution is 5.70. The SMILES string of the molecule is O=CNc1ccc(=O)[nH]c1. The van der Waals surface area contributed by atoms with Crippen molar-refractivity contribution in [2.24, 2.45) is 0 Å². The van der Waals surface area contributed by atoms with Crippen LogP contribution in [0.5, 0.6) is 0 Å². The van der Waals surface area contributed by atoms with Gasteiger partial charge < -0.3 is 10.3 Å². The molecule has 0 bridgehead atoms. The van der Waals surface area contributed by atoms with Crippen molar-refractivity contribution in [1.82, 2.24) is 4.98 Å². The van der Waals surface area contributed by atoms with Gasteiger partial charge in [-0.05, 0) is 6.07 Å². The van der Waals surface area contributed by atoms with Crippen molar-refractivity contribution in [3.63, 3.8) is 0 Å². The van der Waals surface area contributed by atoms with E-state index in [9.17, 15) is 9.59 Å². The molecule has 1 aromatic rings. The first-order valence-corrected chi connectivity index (χ1v) is 2.72. The Morgan fingerprint density at radius 2 is 2.30 bits per heavy atom. The highest BCUT2D eigenvalue weighted by Gasteiger charge is 1.86. The van der Waals surface area contributed by atoms with E-state index < -0.39 is 0 Å². The summed E-state index contributed by atoms with van der Waals surface area (Å²) in [4.78, 5) is 22.7. The van der Waals surface area contributed by atoms with Gasteiger partial charge in [-0.1, -0.05) is 0 Å². The summed E-state index contributed by atoms with van der Waals surface area (Å²) in [5.74, 6) is 0. The molecule has 1 aromatic heterocycles. The number of hydrogen-bond donors (Lipinski definition) is 2. The van der Waals surface area contributed by atoms with Crippen molar-refractivity contribution in [1.29, 1.82) is 0 Å². The molecule has 1 rings (SSSR count). The third-order valence-electron chi connectivity index (χ3n) is 1.01. The fourth-order valence-corrected chi connectivity index (χ4v) is 0.568. The minimum absolute atomic E-state index is 0.184. The first-order chi connectivity index (χ1) is 4.83. The van der Waals surface area contributed by atoms with Gasteiger partial charge in [0.1, 0.15) is 0 Å². The lowest BCUT2D eigenvalue weighted by Gasteiger charge is -1.93. The van der Waals surface area contributed by atoms with Crippen LogP contribution >= 0.6 is 0 Å². The summed E-state index contributed by atoms with van der Waals surface area (Å²) < 4.78 is 0. The van der Waals surface area contributed by atoms with E-state index in [4.69, 9.17) is 0 Å². The predicted molar refractivity (Wildman–Crippen MR) is 36.7 cm³/mol. The summed E-state index contributed by atoms with van der Waals surface area (Å²) in [6.07, 6.45) is 1.98. The molecule has 4 nitrogen and oxygen atoms in total. The van der Waals surface area contributed by atoms with E-state index in [0.717, 1.165) is 0 Å². The Morgan fingerprint density at radius 3 is 2.80 bits per heavy atom. The maximum absolute atomic E-state index is 10.5. The van der Waals surface area contributed by atoms with Gasteiger partial charge in [0.15, 0.2) is 0 Å². The highest BCUT2D eigenvalue weighted by Crippen LogP contribution is 1.96. The topological polar surface area (TPSA) is 62.0 Å². The van der Waals surface area contributed by atoms with Crippen molar-refractivity contribution in [2.45, 2.75) is 0 Å². The molecular formula is C6H6N2O2. The maximum Gasteiger partial charge on any atom is 0.248 e. The molecule has 10 heavy (non-hydrogen) atoms. The summed E-state index contributed by atoms with van der Waals surface area (Å²) in [5, 5.41) is 2.38. The standard InChI is InChI=1S/C6H6N2O2/c9-4-8-5-1-2-6(10)7-3-5/h1-4H,(H,7,10)(H,8,9). The molecule has 0 aliphatic rings. The number of anilines is 1. The molecular weight excluding hydrogens is 132 g/mol. The summed E-state index contributed by atoms with van der Waals surface area (Å²) in [5.41, 5.74) is 0.394. The number of aromatic nitrogens is 1. The second kappa shape index (κ2) is 2.82. The molecule has 0 aliphatic carbocycles. The lowest BCUT2D eigenvalue weighted by atomic mass is 10.4. The molecule has 52 valence electrons.